The van der Waals surface area contributed by atoms with Gasteiger partial charge in [-0.05, 0) is 30.9 Å². The summed E-state index contributed by atoms with van der Waals surface area (Å²) in [4.78, 5) is 17.0. The van der Waals surface area contributed by atoms with Gasteiger partial charge in [0.15, 0.2) is 0 Å². The van der Waals surface area contributed by atoms with Crippen LogP contribution in [0.5, 0.6) is 0 Å². The second-order valence-electron chi connectivity index (χ2n) is 5.51. The maximum atomic E-state index is 12.3. The predicted molar refractivity (Wildman–Crippen MR) is 76.3 cm³/mol. The molecule has 0 spiro atoms. The molecule has 2 aromatic rings. The number of nitrogens with zero attached hydrogens (tertiary/aromatic N) is 1. The first kappa shape index (κ1) is 12.2. The zero-order valence-corrected chi connectivity index (χ0v) is 11.3. The van der Waals surface area contributed by atoms with Crippen LogP contribution in [0.25, 0.3) is 10.9 Å². The molecule has 19 heavy (non-hydrogen) atoms. The van der Waals surface area contributed by atoms with E-state index in [4.69, 9.17) is 0 Å². The highest BCUT2D eigenvalue weighted by Crippen LogP contribution is 2.24. The van der Waals surface area contributed by atoms with Crippen molar-refractivity contribution in [2.24, 2.45) is 0 Å². The fourth-order valence-electron chi connectivity index (χ4n) is 2.17. The Balaban J connectivity index is 2.10. The maximum absolute atomic E-state index is 12.3. The molecule has 3 heteroatoms. The van der Waals surface area contributed by atoms with Gasteiger partial charge in [0.1, 0.15) is 0 Å². The zero-order chi connectivity index (χ0) is 13.4. The highest BCUT2D eigenvalue weighted by molar-refractivity contribution is 6.06. The first-order valence-corrected chi connectivity index (χ1v) is 6.85. The van der Waals surface area contributed by atoms with Crippen molar-refractivity contribution in [2.45, 2.75) is 38.6 Å². The summed E-state index contributed by atoms with van der Waals surface area (Å²) < 4.78 is 0. The van der Waals surface area contributed by atoms with E-state index in [0.29, 0.717) is 12.0 Å². The monoisotopic (exact) mass is 254 g/mol. The molecule has 0 radical (unpaired) electrons. The van der Waals surface area contributed by atoms with Crippen molar-refractivity contribution in [1.82, 2.24) is 10.3 Å². The number of hydrogen-bond acceptors (Lipinski definition) is 2. The quantitative estimate of drug-likeness (QED) is 0.913. The molecule has 0 unspecified atom stereocenters. The molecule has 1 aromatic carbocycles. The molecule has 1 saturated carbocycles. The summed E-state index contributed by atoms with van der Waals surface area (Å²) in [5.41, 5.74) is 2.62. The topological polar surface area (TPSA) is 42.0 Å². The van der Waals surface area contributed by atoms with Crippen LogP contribution in [-0.2, 0) is 0 Å². The Kier molecular flexibility index (Phi) is 2.97. The van der Waals surface area contributed by atoms with Gasteiger partial charge in [0.2, 0.25) is 0 Å². The van der Waals surface area contributed by atoms with Gasteiger partial charge in [-0.2, -0.15) is 0 Å². The number of rotatable bonds is 3. The number of carbonyl (C=O) groups is 1. The minimum atomic E-state index is 0.0306. The van der Waals surface area contributed by atoms with Gasteiger partial charge in [-0.3, -0.25) is 9.78 Å². The lowest BCUT2D eigenvalue weighted by Crippen LogP contribution is -2.25. The van der Waals surface area contributed by atoms with Gasteiger partial charge in [-0.1, -0.05) is 32.0 Å². The van der Waals surface area contributed by atoms with Crippen molar-refractivity contribution in [1.29, 1.82) is 0 Å². The van der Waals surface area contributed by atoms with Gasteiger partial charge in [-0.15, -0.1) is 0 Å². The van der Waals surface area contributed by atoms with E-state index in [1.165, 1.54) is 0 Å². The van der Waals surface area contributed by atoms with Crippen LogP contribution in [0.3, 0.4) is 0 Å². The Bertz CT molecular complexity index is 630. The molecule has 0 atom stereocenters. The summed E-state index contributed by atoms with van der Waals surface area (Å²) in [5, 5.41) is 4.00. The minimum absolute atomic E-state index is 0.0306. The largest absolute Gasteiger partial charge is 0.349 e. The summed E-state index contributed by atoms with van der Waals surface area (Å²) in [6, 6.07) is 10.2. The number of nitrogens with one attached hydrogen (secondary N) is 1. The van der Waals surface area contributed by atoms with E-state index in [1.807, 2.05) is 30.3 Å². The van der Waals surface area contributed by atoms with E-state index < -0.39 is 0 Å². The normalized spacial score (nSPS) is 14.9. The molecule has 1 amide bonds. The van der Waals surface area contributed by atoms with Crippen LogP contribution < -0.4 is 5.32 Å². The van der Waals surface area contributed by atoms with E-state index in [1.54, 1.807) is 0 Å². The van der Waals surface area contributed by atoms with Gasteiger partial charge in [0.25, 0.3) is 5.91 Å². The van der Waals surface area contributed by atoms with E-state index in [2.05, 4.69) is 24.1 Å². The molecule has 1 aromatic heterocycles. The second kappa shape index (κ2) is 4.65. The number of aromatic nitrogens is 1. The number of carbonyl (C=O) groups excluding carboxylic acids is 1. The fraction of sp³-hybridized carbons (Fsp3) is 0.375. The van der Waals surface area contributed by atoms with Crippen LogP contribution >= 0.6 is 0 Å². The summed E-state index contributed by atoms with van der Waals surface area (Å²) >= 11 is 0. The third-order valence-corrected chi connectivity index (χ3v) is 3.48. The zero-order valence-electron chi connectivity index (χ0n) is 11.3. The van der Waals surface area contributed by atoms with Crippen molar-refractivity contribution in [3.8, 4) is 0 Å². The van der Waals surface area contributed by atoms with Crippen LogP contribution in [0, 0.1) is 0 Å². The highest BCUT2D eigenvalue weighted by Gasteiger charge is 2.25. The molecule has 3 rings (SSSR count). The van der Waals surface area contributed by atoms with Crippen molar-refractivity contribution < 1.29 is 4.79 Å². The Morgan fingerprint density at radius 1 is 1.32 bits per heavy atom. The molecular weight excluding hydrogens is 236 g/mol. The molecule has 1 heterocycles. The summed E-state index contributed by atoms with van der Waals surface area (Å²) in [6.07, 6.45) is 2.21. The summed E-state index contributed by atoms with van der Waals surface area (Å²) in [5.74, 6) is 0.347. The van der Waals surface area contributed by atoms with E-state index in [9.17, 15) is 4.79 Å². The molecule has 1 fully saturated rings. The number of para-hydroxylation sites is 1. The van der Waals surface area contributed by atoms with Crippen LogP contribution in [-0.4, -0.2) is 16.9 Å². The third kappa shape index (κ3) is 2.46. The Labute approximate surface area is 113 Å². The van der Waals surface area contributed by atoms with Gasteiger partial charge >= 0.3 is 0 Å². The lowest BCUT2D eigenvalue weighted by Gasteiger charge is -2.11. The number of benzene rings is 1. The number of amides is 1. The van der Waals surface area contributed by atoms with Crippen molar-refractivity contribution >= 4 is 16.8 Å². The standard InChI is InChI=1S/C16H18N2O/c1-10(2)15-9-13(16(19)17-11-7-8-11)12-5-3-4-6-14(12)18-15/h3-6,9-11H,7-8H2,1-2H3,(H,17,19). The van der Waals surface area contributed by atoms with Gasteiger partial charge in [-0.25, -0.2) is 0 Å². The van der Waals surface area contributed by atoms with Crippen LogP contribution in [0.15, 0.2) is 30.3 Å². The Morgan fingerprint density at radius 2 is 2.05 bits per heavy atom. The molecule has 0 bridgehead atoms. The van der Waals surface area contributed by atoms with E-state index in [0.717, 1.165) is 35.0 Å². The molecule has 98 valence electrons. The lowest BCUT2D eigenvalue weighted by molar-refractivity contribution is 0.0952. The lowest BCUT2D eigenvalue weighted by atomic mass is 10.0. The van der Waals surface area contributed by atoms with Gasteiger partial charge in [0, 0.05) is 17.1 Å². The van der Waals surface area contributed by atoms with Gasteiger partial charge < -0.3 is 5.32 Å². The number of hydrogen-bond donors (Lipinski definition) is 1. The molecule has 0 aliphatic heterocycles. The van der Waals surface area contributed by atoms with E-state index in [-0.39, 0.29) is 5.91 Å². The molecule has 1 aliphatic carbocycles. The highest BCUT2D eigenvalue weighted by atomic mass is 16.1. The fourth-order valence-corrected chi connectivity index (χ4v) is 2.17. The van der Waals surface area contributed by atoms with Crippen molar-refractivity contribution in [2.75, 3.05) is 0 Å². The average molecular weight is 254 g/mol. The molecule has 1 N–H and O–H groups in total. The number of fused-ring (bicyclic) bond motifs is 1. The summed E-state index contributed by atoms with van der Waals surface area (Å²) in [7, 11) is 0. The van der Waals surface area contributed by atoms with Crippen LogP contribution in [0.4, 0.5) is 0 Å². The average Bonchev–Trinajstić information content (AvgIpc) is 3.21. The molecule has 0 saturated heterocycles. The maximum Gasteiger partial charge on any atom is 0.252 e. The Hall–Kier alpha value is -1.90. The minimum Gasteiger partial charge on any atom is -0.349 e. The Morgan fingerprint density at radius 3 is 2.74 bits per heavy atom. The van der Waals surface area contributed by atoms with Crippen LogP contribution in [0.1, 0.15) is 48.7 Å². The van der Waals surface area contributed by atoms with Crippen molar-refractivity contribution in [3.63, 3.8) is 0 Å². The summed E-state index contributed by atoms with van der Waals surface area (Å²) in [6.45, 7) is 4.19. The molecule has 1 aliphatic rings. The van der Waals surface area contributed by atoms with Crippen molar-refractivity contribution in [3.05, 3.63) is 41.6 Å². The first-order valence-electron chi connectivity index (χ1n) is 6.85. The predicted octanol–water partition coefficient (Wildman–Crippen LogP) is 3.25. The van der Waals surface area contributed by atoms with Crippen LogP contribution in [0.2, 0.25) is 0 Å². The van der Waals surface area contributed by atoms with Gasteiger partial charge in [0.05, 0.1) is 11.1 Å². The number of pyridine rings is 1. The second-order valence-corrected chi connectivity index (χ2v) is 5.51. The smallest absolute Gasteiger partial charge is 0.252 e. The SMILES string of the molecule is CC(C)c1cc(C(=O)NC2CC2)c2ccccc2n1. The third-order valence-electron chi connectivity index (χ3n) is 3.48. The molecular formula is C16H18N2O. The van der Waals surface area contributed by atoms with E-state index >= 15 is 0 Å². The first-order chi connectivity index (χ1) is 9.15. The molecule has 3 nitrogen and oxygen atoms in total.